The van der Waals surface area contributed by atoms with Crippen LogP contribution < -0.4 is 0 Å². The maximum Gasteiger partial charge on any atom is 0.264 e. The van der Waals surface area contributed by atoms with Crippen LogP contribution >= 0.6 is 27.3 Å². The second kappa shape index (κ2) is 7.89. The largest absolute Gasteiger partial charge is 0.383 e. The van der Waals surface area contributed by atoms with Gasteiger partial charge in [0.15, 0.2) is 0 Å². The number of ether oxygens (including phenoxy) is 2. The Balaban J connectivity index is 2.77. The molecule has 0 radical (unpaired) electrons. The molecule has 0 bridgehead atoms. The molecule has 0 aliphatic heterocycles. The van der Waals surface area contributed by atoms with E-state index in [4.69, 9.17) is 9.47 Å². The van der Waals surface area contributed by atoms with E-state index in [1.165, 1.54) is 11.3 Å². The summed E-state index contributed by atoms with van der Waals surface area (Å²) < 4.78 is 11.1. The Morgan fingerprint density at radius 3 is 2.67 bits per heavy atom. The number of carbonyl (C=O) groups excluding carboxylic acids is 1. The molecule has 1 heterocycles. The van der Waals surface area contributed by atoms with Gasteiger partial charge in [-0.2, -0.15) is 0 Å². The van der Waals surface area contributed by atoms with E-state index in [1.54, 1.807) is 19.1 Å². The zero-order valence-corrected chi connectivity index (χ0v) is 13.2. The van der Waals surface area contributed by atoms with Crippen molar-refractivity contribution in [2.24, 2.45) is 0 Å². The minimum Gasteiger partial charge on any atom is -0.383 e. The van der Waals surface area contributed by atoms with Crippen molar-refractivity contribution >= 4 is 33.2 Å². The summed E-state index contributed by atoms with van der Waals surface area (Å²) in [6, 6.07) is 3.74. The normalized spacial score (nSPS) is 12.4. The predicted octanol–water partition coefficient (Wildman–Crippen LogP) is 2.63. The first-order valence-corrected chi connectivity index (χ1v) is 7.25. The fraction of sp³-hybridized carbons (Fsp3) is 0.583. The summed E-state index contributed by atoms with van der Waals surface area (Å²) in [6.45, 7) is 3.57. The third-order valence-corrected chi connectivity index (χ3v) is 4.13. The van der Waals surface area contributed by atoms with Gasteiger partial charge < -0.3 is 14.4 Å². The molecule has 4 nitrogen and oxygen atoms in total. The Bertz CT molecular complexity index is 383. The van der Waals surface area contributed by atoms with Crippen LogP contribution in [0.15, 0.2) is 15.9 Å². The van der Waals surface area contributed by atoms with E-state index in [0.29, 0.717) is 19.8 Å². The number of hydrogen-bond acceptors (Lipinski definition) is 4. The Kier molecular flexibility index (Phi) is 6.85. The van der Waals surface area contributed by atoms with Gasteiger partial charge in [-0.1, -0.05) is 0 Å². The molecule has 102 valence electrons. The summed E-state index contributed by atoms with van der Waals surface area (Å²) in [5.41, 5.74) is 0. The molecule has 1 aromatic rings. The van der Waals surface area contributed by atoms with Gasteiger partial charge in [0.05, 0.1) is 27.9 Å². The summed E-state index contributed by atoms with van der Waals surface area (Å²) in [5.74, 6) is 0.0206. The summed E-state index contributed by atoms with van der Waals surface area (Å²) in [6.07, 6.45) is 0. The zero-order chi connectivity index (χ0) is 13.5. The van der Waals surface area contributed by atoms with Crippen LogP contribution in [0.2, 0.25) is 0 Å². The van der Waals surface area contributed by atoms with Gasteiger partial charge in [0.25, 0.3) is 5.91 Å². The molecule has 0 saturated heterocycles. The van der Waals surface area contributed by atoms with Crippen molar-refractivity contribution in [2.75, 3.05) is 34.0 Å². The maximum atomic E-state index is 12.4. The van der Waals surface area contributed by atoms with Crippen molar-refractivity contribution in [3.63, 3.8) is 0 Å². The highest BCUT2D eigenvalue weighted by Gasteiger charge is 2.22. The molecule has 6 heteroatoms. The molecule has 18 heavy (non-hydrogen) atoms. The molecule has 0 fully saturated rings. The van der Waals surface area contributed by atoms with Crippen LogP contribution in [-0.2, 0) is 9.47 Å². The van der Waals surface area contributed by atoms with E-state index in [-0.39, 0.29) is 11.9 Å². The number of carbonyl (C=O) groups is 1. The molecule has 0 N–H and O–H groups in total. The Morgan fingerprint density at radius 2 is 2.17 bits per heavy atom. The Labute approximate surface area is 120 Å². The summed E-state index contributed by atoms with van der Waals surface area (Å²) in [7, 11) is 3.27. The molecule has 0 saturated carbocycles. The van der Waals surface area contributed by atoms with Gasteiger partial charge in [-0.15, -0.1) is 11.3 Å². The summed E-state index contributed by atoms with van der Waals surface area (Å²) in [4.78, 5) is 14.9. The fourth-order valence-corrected chi connectivity index (χ4v) is 2.96. The number of amides is 1. The lowest BCUT2D eigenvalue weighted by molar-refractivity contribution is 0.0484. The van der Waals surface area contributed by atoms with Crippen LogP contribution in [-0.4, -0.2) is 50.8 Å². The molecule has 0 aromatic carbocycles. The number of thiophene rings is 1. The van der Waals surface area contributed by atoms with E-state index in [9.17, 15) is 4.79 Å². The van der Waals surface area contributed by atoms with Crippen LogP contribution in [0, 0.1) is 0 Å². The number of methoxy groups -OCH3 is 2. The van der Waals surface area contributed by atoms with Crippen molar-refractivity contribution in [3.05, 3.63) is 20.8 Å². The molecule has 1 amide bonds. The standard InChI is InChI=1S/C12H18BrNO3S/c1-9(8-17-3)14(6-7-16-2)12(15)10-4-5-11(13)18-10/h4-5,9H,6-8H2,1-3H3. The first-order valence-electron chi connectivity index (χ1n) is 5.64. The second-order valence-electron chi connectivity index (χ2n) is 3.90. The van der Waals surface area contributed by atoms with Gasteiger partial charge in [0, 0.05) is 20.8 Å². The lowest BCUT2D eigenvalue weighted by Crippen LogP contribution is -2.42. The second-order valence-corrected chi connectivity index (χ2v) is 6.36. The third-order valence-electron chi connectivity index (χ3n) is 2.52. The van der Waals surface area contributed by atoms with Gasteiger partial charge in [0.2, 0.25) is 0 Å². The average Bonchev–Trinajstić information content (AvgIpc) is 2.76. The predicted molar refractivity (Wildman–Crippen MR) is 76.3 cm³/mol. The number of nitrogens with zero attached hydrogens (tertiary/aromatic N) is 1. The highest BCUT2D eigenvalue weighted by molar-refractivity contribution is 9.11. The first-order chi connectivity index (χ1) is 8.60. The van der Waals surface area contributed by atoms with Crippen LogP contribution in [0.1, 0.15) is 16.6 Å². The number of hydrogen-bond donors (Lipinski definition) is 0. The van der Waals surface area contributed by atoms with Gasteiger partial charge >= 0.3 is 0 Å². The molecule has 1 aromatic heterocycles. The molecule has 0 aliphatic carbocycles. The highest BCUT2D eigenvalue weighted by atomic mass is 79.9. The minimum atomic E-state index is 0.0206. The van der Waals surface area contributed by atoms with E-state index in [1.807, 2.05) is 19.1 Å². The molecule has 0 aliphatic rings. The lowest BCUT2D eigenvalue weighted by atomic mass is 10.2. The third kappa shape index (κ3) is 4.35. The van der Waals surface area contributed by atoms with E-state index < -0.39 is 0 Å². The Hall–Kier alpha value is -0.430. The lowest BCUT2D eigenvalue weighted by Gasteiger charge is -2.28. The molecular formula is C12H18BrNO3S. The zero-order valence-electron chi connectivity index (χ0n) is 10.8. The monoisotopic (exact) mass is 335 g/mol. The quantitative estimate of drug-likeness (QED) is 0.768. The summed E-state index contributed by atoms with van der Waals surface area (Å²) >= 11 is 4.81. The van der Waals surface area contributed by atoms with Crippen molar-refractivity contribution in [1.82, 2.24) is 4.90 Å². The van der Waals surface area contributed by atoms with E-state index >= 15 is 0 Å². The van der Waals surface area contributed by atoms with Crippen LogP contribution in [0.3, 0.4) is 0 Å². The average molecular weight is 336 g/mol. The Morgan fingerprint density at radius 1 is 1.44 bits per heavy atom. The van der Waals surface area contributed by atoms with E-state index in [2.05, 4.69) is 15.9 Å². The van der Waals surface area contributed by atoms with Crippen molar-refractivity contribution in [1.29, 1.82) is 0 Å². The first kappa shape index (κ1) is 15.6. The SMILES string of the molecule is COCCN(C(=O)c1ccc(Br)s1)C(C)COC. The molecule has 1 atom stereocenters. The van der Waals surface area contributed by atoms with Crippen LogP contribution in [0.4, 0.5) is 0 Å². The van der Waals surface area contributed by atoms with Gasteiger partial charge in [0.1, 0.15) is 0 Å². The van der Waals surface area contributed by atoms with Crippen molar-refractivity contribution in [2.45, 2.75) is 13.0 Å². The number of rotatable bonds is 7. The molecule has 1 rings (SSSR count). The topological polar surface area (TPSA) is 38.8 Å². The minimum absolute atomic E-state index is 0.0206. The fourth-order valence-electron chi connectivity index (χ4n) is 1.61. The van der Waals surface area contributed by atoms with E-state index in [0.717, 1.165) is 8.66 Å². The van der Waals surface area contributed by atoms with Gasteiger partial charge in [-0.3, -0.25) is 4.79 Å². The molecule has 0 spiro atoms. The number of halogens is 1. The molecule has 1 unspecified atom stereocenters. The maximum absolute atomic E-state index is 12.4. The van der Waals surface area contributed by atoms with Crippen molar-refractivity contribution < 1.29 is 14.3 Å². The van der Waals surface area contributed by atoms with Crippen LogP contribution in [0.25, 0.3) is 0 Å². The highest BCUT2D eigenvalue weighted by Crippen LogP contribution is 2.23. The van der Waals surface area contributed by atoms with Crippen molar-refractivity contribution in [3.8, 4) is 0 Å². The van der Waals surface area contributed by atoms with Gasteiger partial charge in [-0.25, -0.2) is 0 Å². The molecular weight excluding hydrogens is 318 g/mol. The smallest absolute Gasteiger partial charge is 0.264 e. The van der Waals surface area contributed by atoms with Crippen LogP contribution in [0.5, 0.6) is 0 Å². The van der Waals surface area contributed by atoms with Gasteiger partial charge in [-0.05, 0) is 35.0 Å². The summed E-state index contributed by atoms with van der Waals surface area (Å²) in [5, 5.41) is 0.